The standard InChI is InChI=1S/C11H13N3O3S/c1-16-7-12-8-5-3-4-6-9(8)13-10(18)14-11(15)17-2/h3-7H,1-2H3,(H2,13,14,15,18)/b12-7+. The summed E-state index contributed by atoms with van der Waals surface area (Å²) in [5.41, 5.74) is 1.28. The molecule has 0 aliphatic rings. The third-order valence-electron chi connectivity index (χ3n) is 1.85. The van der Waals surface area contributed by atoms with Gasteiger partial charge in [-0.25, -0.2) is 9.79 Å². The van der Waals surface area contributed by atoms with Gasteiger partial charge in [-0.05, 0) is 24.4 Å². The van der Waals surface area contributed by atoms with Crippen molar-refractivity contribution in [2.24, 2.45) is 4.99 Å². The van der Waals surface area contributed by atoms with Crippen LogP contribution in [0.2, 0.25) is 0 Å². The molecule has 1 amide bonds. The number of methoxy groups -OCH3 is 2. The highest BCUT2D eigenvalue weighted by molar-refractivity contribution is 7.80. The van der Waals surface area contributed by atoms with Crippen molar-refractivity contribution in [2.75, 3.05) is 19.5 Å². The predicted molar refractivity (Wildman–Crippen MR) is 73.4 cm³/mol. The smallest absolute Gasteiger partial charge is 0.413 e. The van der Waals surface area contributed by atoms with Crippen LogP contribution in [0.15, 0.2) is 29.3 Å². The molecule has 0 spiro atoms. The lowest BCUT2D eigenvalue weighted by molar-refractivity contribution is 0.177. The van der Waals surface area contributed by atoms with Crippen LogP contribution in [0.4, 0.5) is 16.2 Å². The Kier molecular flexibility index (Phi) is 5.59. The molecule has 7 heteroatoms. The van der Waals surface area contributed by atoms with Crippen LogP contribution in [-0.4, -0.2) is 31.8 Å². The molecular formula is C11H13N3O3S. The summed E-state index contributed by atoms with van der Waals surface area (Å²) >= 11 is 4.94. The molecule has 0 bridgehead atoms. The van der Waals surface area contributed by atoms with Crippen LogP contribution >= 0.6 is 12.2 Å². The molecule has 0 aliphatic heterocycles. The van der Waals surface area contributed by atoms with E-state index >= 15 is 0 Å². The van der Waals surface area contributed by atoms with Gasteiger partial charge in [0.2, 0.25) is 0 Å². The summed E-state index contributed by atoms with van der Waals surface area (Å²) in [7, 11) is 2.76. The summed E-state index contributed by atoms with van der Waals surface area (Å²) in [6.07, 6.45) is 0.669. The lowest BCUT2D eigenvalue weighted by Gasteiger charge is -2.10. The normalized spacial score (nSPS) is 9.89. The number of carbonyl (C=O) groups excluding carboxylic acids is 1. The number of para-hydroxylation sites is 2. The SMILES string of the molecule is CO/C=N/c1ccccc1NC(=S)NC(=O)OC. The van der Waals surface area contributed by atoms with E-state index in [-0.39, 0.29) is 5.11 Å². The summed E-state index contributed by atoms with van der Waals surface area (Å²) in [4.78, 5) is 15.0. The number of aliphatic imine (C=N–C) groups is 1. The van der Waals surface area contributed by atoms with Crippen molar-refractivity contribution in [2.45, 2.75) is 0 Å². The van der Waals surface area contributed by atoms with E-state index in [9.17, 15) is 4.79 Å². The fourth-order valence-corrected chi connectivity index (χ4v) is 1.29. The number of thiocarbonyl (C=S) groups is 1. The van der Waals surface area contributed by atoms with Crippen LogP contribution in [0, 0.1) is 0 Å². The topological polar surface area (TPSA) is 72.0 Å². The van der Waals surface area contributed by atoms with Gasteiger partial charge >= 0.3 is 6.09 Å². The first-order valence-corrected chi connectivity index (χ1v) is 5.38. The minimum Gasteiger partial charge on any atom is -0.486 e. The van der Waals surface area contributed by atoms with E-state index in [0.29, 0.717) is 11.4 Å². The molecule has 2 N–H and O–H groups in total. The molecule has 0 unspecified atom stereocenters. The third-order valence-corrected chi connectivity index (χ3v) is 2.05. The Morgan fingerprint density at radius 1 is 1.39 bits per heavy atom. The Labute approximate surface area is 110 Å². The number of carbonyl (C=O) groups is 1. The van der Waals surface area contributed by atoms with Gasteiger partial charge < -0.3 is 14.8 Å². The van der Waals surface area contributed by atoms with Crippen LogP contribution in [0.1, 0.15) is 0 Å². The van der Waals surface area contributed by atoms with Gasteiger partial charge in [-0.1, -0.05) is 12.1 Å². The van der Waals surface area contributed by atoms with Gasteiger partial charge in [0.05, 0.1) is 25.6 Å². The van der Waals surface area contributed by atoms with Crippen molar-refractivity contribution in [3.8, 4) is 0 Å². The van der Waals surface area contributed by atoms with E-state index < -0.39 is 6.09 Å². The number of hydrogen-bond acceptors (Lipinski definition) is 5. The molecule has 1 rings (SSSR count). The molecule has 18 heavy (non-hydrogen) atoms. The second-order valence-electron chi connectivity index (χ2n) is 3.06. The summed E-state index contributed by atoms with van der Waals surface area (Å²) < 4.78 is 9.17. The fourth-order valence-electron chi connectivity index (χ4n) is 1.10. The highest BCUT2D eigenvalue weighted by Gasteiger charge is 2.05. The van der Waals surface area contributed by atoms with Gasteiger partial charge in [0.1, 0.15) is 0 Å². The number of rotatable bonds is 3. The molecule has 0 aromatic heterocycles. The summed E-state index contributed by atoms with van der Waals surface area (Å²) in [5, 5.41) is 5.30. The van der Waals surface area contributed by atoms with Crippen LogP contribution in [-0.2, 0) is 9.47 Å². The molecule has 0 heterocycles. The molecule has 0 fully saturated rings. The van der Waals surface area contributed by atoms with Gasteiger partial charge in [-0.3, -0.25) is 5.32 Å². The van der Waals surface area contributed by atoms with E-state index in [1.54, 1.807) is 12.1 Å². The first-order chi connectivity index (χ1) is 8.67. The minimum absolute atomic E-state index is 0.127. The fraction of sp³-hybridized carbons (Fsp3) is 0.182. The molecule has 0 aliphatic carbocycles. The Hall–Kier alpha value is -2.15. The van der Waals surface area contributed by atoms with Crippen LogP contribution in [0.25, 0.3) is 0 Å². The van der Waals surface area contributed by atoms with Crippen molar-refractivity contribution >= 4 is 41.2 Å². The van der Waals surface area contributed by atoms with E-state index in [4.69, 9.17) is 17.0 Å². The van der Waals surface area contributed by atoms with Crippen molar-refractivity contribution in [3.05, 3.63) is 24.3 Å². The second-order valence-corrected chi connectivity index (χ2v) is 3.47. The highest BCUT2D eigenvalue weighted by Crippen LogP contribution is 2.23. The minimum atomic E-state index is -0.634. The molecular weight excluding hydrogens is 254 g/mol. The summed E-state index contributed by atoms with van der Waals surface area (Å²) in [6.45, 7) is 0. The largest absolute Gasteiger partial charge is 0.486 e. The first-order valence-electron chi connectivity index (χ1n) is 4.97. The number of amides is 1. The monoisotopic (exact) mass is 267 g/mol. The first kappa shape index (κ1) is 13.9. The predicted octanol–water partition coefficient (Wildman–Crippen LogP) is 2.05. The van der Waals surface area contributed by atoms with E-state index in [0.717, 1.165) is 0 Å². The van der Waals surface area contributed by atoms with Gasteiger partial charge in [0.15, 0.2) is 11.5 Å². The quantitative estimate of drug-likeness (QED) is 0.498. The maximum Gasteiger partial charge on any atom is 0.413 e. The molecule has 1 aromatic rings. The number of benzene rings is 1. The van der Waals surface area contributed by atoms with Crippen molar-refractivity contribution in [1.82, 2.24) is 5.32 Å². The number of hydrogen-bond donors (Lipinski definition) is 2. The number of ether oxygens (including phenoxy) is 2. The number of nitrogens with zero attached hydrogens (tertiary/aromatic N) is 1. The molecule has 0 saturated heterocycles. The highest BCUT2D eigenvalue weighted by atomic mass is 32.1. The van der Waals surface area contributed by atoms with Gasteiger partial charge in [0.25, 0.3) is 0 Å². The number of alkyl carbamates (subject to hydrolysis) is 1. The summed E-state index contributed by atoms with van der Waals surface area (Å²) in [6, 6.07) is 7.19. The molecule has 0 saturated carbocycles. The molecule has 0 atom stereocenters. The molecule has 6 nitrogen and oxygen atoms in total. The zero-order chi connectivity index (χ0) is 13.4. The number of nitrogens with one attached hydrogen (secondary N) is 2. The van der Waals surface area contributed by atoms with Crippen molar-refractivity contribution in [1.29, 1.82) is 0 Å². The lowest BCUT2D eigenvalue weighted by atomic mass is 10.3. The molecule has 96 valence electrons. The average molecular weight is 267 g/mol. The third kappa shape index (κ3) is 4.38. The summed E-state index contributed by atoms with van der Waals surface area (Å²) in [5.74, 6) is 0. The zero-order valence-corrected chi connectivity index (χ0v) is 10.8. The Balaban J connectivity index is 2.74. The van der Waals surface area contributed by atoms with Crippen molar-refractivity contribution in [3.63, 3.8) is 0 Å². The second kappa shape index (κ2) is 7.23. The van der Waals surface area contributed by atoms with Gasteiger partial charge in [-0.2, -0.15) is 0 Å². The average Bonchev–Trinajstić information content (AvgIpc) is 2.37. The van der Waals surface area contributed by atoms with Gasteiger partial charge in [-0.15, -0.1) is 0 Å². The Morgan fingerprint density at radius 2 is 2.11 bits per heavy atom. The van der Waals surface area contributed by atoms with Gasteiger partial charge in [0, 0.05) is 0 Å². The maximum atomic E-state index is 11.0. The van der Waals surface area contributed by atoms with E-state index in [1.165, 1.54) is 20.6 Å². The lowest BCUT2D eigenvalue weighted by Crippen LogP contribution is -2.33. The van der Waals surface area contributed by atoms with Crippen molar-refractivity contribution < 1.29 is 14.3 Å². The number of anilines is 1. The van der Waals surface area contributed by atoms with Crippen LogP contribution in [0.5, 0.6) is 0 Å². The Morgan fingerprint density at radius 3 is 2.78 bits per heavy atom. The van der Waals surface area contributed by atoms with Crippen LogP contribution < -0.4 is 10.6 Å². The maximum absolute atomic E-state index is 11.0. The molecule has 1 aromatic carbocycles. The molecule has 0 radical (unpaired) electrons. The van der Waals surface area contributed by atoms with E-state index in [2.05, 4.69) is 20.4 Å². The zero-order valence-electron chi connectivity index (χ0n) is 9.97. The Bertz CT molecular complexity index is 463. The van der Waals surface area contributed by atoms with E-state index in [1.807, 2.05) is 12.1 Å². The van der Waals surface area contributed by atoms with Crippen LogP contribution in [0.3, 0.4) is 0 Å².